The van der Waals surface area contributed by atoms with E-state index in [1.807, 2.05) is 0 Å². The van der Waals surface area contributed by atoms with Gasteiger partial charge in [-0.3, -0.25) is 5.32 Å². The van der Waals surface area contributed by atoms with Gasteiger partial charge in [0.1, 0.15) is 6.61 Å². The molecular formula is C16H14ClNO4. The van der Waals surface area contributed by atoms with Gasteiger partial charge >= 0.3 is 12.1 Å². The van der Waals surface area contributed by atoms with Gasteiger partial charge in [0.15, 0.2) is 0 Å². The average Bonchev–Trinajstić information content (AvgIpc) is 2.54. The van der Waals surface area contributed by atoms with Gasteiger partial charge in [0, 0.05) is 5.02 Å². The zero-order valence-electron chi connectivity index (χ0n) is 11.8. The lowest BCUT2D eigenvalue weighted by molar-refractivity contribution is 0.0602. The van der Waals surface area contributed by atoms with Crippen LogP contribution in [0.4, 0.5) is 10.5 Å². The normalized spacial score (nSPS) is 9.91. The number of ether oxygens (including phenoxy) is 2. The molecule has 0 saturated heterocycles. The Hall–Kier alpha value is -2.53. The van der Waals surface area contributed by atoms with E-state index >= 15 is 0 Å². The average molecular weight is 320 g/mol. The number of amides is 1. The maximum absolute atomic E-state index is 11.8. The number of nitrogens with one attached hydrogen (secondary N) is 1. The highest BCUT2D eigenvalue weighted by Gasteiger charge is 2.13. The molecule has 22 heavy (non-hydrogen) atoms. The highest BCUT2D eigenvalue weighted by Crippen LogP contribution is 2.16. The molecule has 0 spiro atoms. The molecule has 0 heterocycles. The topological polar surface area (TPSA) is 64.6 Å². The third-order valence-corrected chi connectivity index (χ3v) is 3.10. The maximum atomic E-state index is 11.8. The minimum absolute atomic E-state index is 0.101. The van der Waals surface area contributed by atoms with Crippen molar-refractivity contribution in [2.45, 2.75) is 6.61 Å². The molecule has 0 atom stereocenters. The van der Waals surface area contributed by atoms with E-state index < -0.39 is 12.1 Å². The van der Waals surface area contributed by atoms with Crippen molar-refractivity contribution < 1.29 is 19.1 Å². The van der Waals surface area contributed by atoms with Crippen molar-refractivity contribution in [3.63, 3.8) is 0 Å². The number of para-hydroxylation sites is 1. The van der Waals surface area contributed by atoms with E-state index in [2.05, 4.69) is 10.1 Å². The first-order valence-corrected chi connectivity index (χ1v) is 6.83. The second kappa shape index (κ2) is 7.47. The summed E-state index contributed by atoms with van der Waals surface area (Å²) < 4.78 is 9.75. The monoisotopic (exact) mass is 319 g/mol. The summed E-state index contributed by atoms with van der Waals surface area (Å²) in [5.41, 5.74) is 1.39. The van der Waals surface area contributed by atoms with Crippen molar-refractivity contribution in [3.05, 3.63) is 64.7 Å². The number of rotatable bonds is 4. The highest BCUT2D eigenvalue weighted by atomic mass is 35.5. The molecule has 0 unspecified atom stereocenters. The van der Waals surface area contributed by atoms with E-state index in [-0.39, 0.29) is 12.2 Å². The molecule has 0 aliphatic carbocycles. The van der Waals surface area contributed by atoms with Crippen LogP contribution in [-0.4, -0.2) is 19.2 Å². The fourth-order valence-corrected chi connectivity index (χ4v) is 1.88. The molecule has 1 N–H and O–H groups in total. The number of halogens is 1. The first kappa shape index (κ1) is 15.9. The van der Waals surface area contributed by atoms with Crippen LogP contribution in [0, 0.1) is 0 Å². The molecule has 0 aliphatic rings. The van der Waals surface area contributed by atoms with Gasteiger partial charge in [-0.1, -0.05) is 35.9 Å². The lowest BCUT2D eigenvalue weighted by atomic mass is 10.2. The fraction of sp³-hybridized carbons (Fsp3) is 0.125. The SMILES string of the molecule is COC(=O)c1ccccc1NC(=O)OCc1ccc(Cl)cc1. The van der Waals surface area contributed by atoms with Crippen molar-refractivity contribution in [2.24, 2.45) is 0 Å². The van der Waals surface area contributed by atoms with Gasteiger partial charge in [0.05, 0.1) is 18.4 Å². The molecular weight excluding hydrogens is 306 g/mol. The molecule has 1 amide bonds. The van der Waals surface area contributed by atoms with E-state index in [0.717, 1.165) is 5.56 Å². The summed E-state index contributed by atoms with van der Waals surface area (Å²) in [6.07, 6.45) is -0.661. The second-order valence-corrected chi connectivity index (χ2v) is 4.80. The quantitative estimate of drug-likeness (QED) is 0.869. The molecule has 2 aromatic carbocycles. The third-order valence-electron chi connectivity index (χ3n) is 2.85. The van der Waals surface area contributed by atoms with Gasteiger partial charge < -0.3 is 9.47 Å². The van der Waals surface area contributed by atoms with Gasteiger partial charge in [-0.15, -0.1) is 0 Å². The summed E-state index contributed by atoms with van der Waals surface area (Å²) in [5, 5.41) is 3.13. The van der Waals surface area contributed by atoms with Crippen LogP contribution in [0.3, 0.4) is 0 Å². The zero-order chi connectivity index (χ0) is 15.9. The number of methoxy groups -OCH3 is 1. The first-order chi connectivity index (χ1) is 10.6. The predicted molar refractivity (Wildman–Crippen MR) is 83.0 cm³/mol. The van der Waals surface area contributed by atoms with Crippen LogP contribution in [0.2, 0.25) is 5.02 Å². The van der Waals surface area contributed by atoms with Gasteiger partial charge in [-0.25, -0.2) is 9.59 Å². The van der Waals surface area contributed by atoms with Crippen LogP contribution in [0.25, 0.3) is 0 Å². The maximum Gasteiger partial charge on any atom is 0.411 e. The van der Waals surface area contributed by atoms with Crippen LogP contribution >= 0.6 is 11.6 Å². The second-order valence-electron chi connectivity index (χ2n) is 4.36. The lowest BCUT2D eigenvalue weighted by Gasteiger charge is -2.10. The molecule has 5 nitrogen and oxygen atoms in total. The molecule has 6 heteroatoms. The molecule has 0 saturated carbocycles. The van der Waals surface area contributed by atoms with Crippen LogP contribution in [-0.2, 0) is 16.1 Å². The number of anilines is 1. The number of hydrogen-bond acceptors (Lipinski definition) is 4. The number of benzene rings is 2. The van der Waals surface area contributed by atoms with Crippen LogP contribution in [0.5, 0.6) is 0 Å². The van der Waals surface area contributed by atoms with E-state index in [1.54, 1.807) is 48.5 Å². The Morgan fingerprint density at radius 2 is 1.77 bits per heavy atom. The fourth-order valence-electron chi connectivity index (χ4n) is 1.76. The van der Waals surface area contributed by atoms with Crippen LogP contribution < -0.4 is 5.32 Å². The van der Waals surface area contributed by atoms with Crippen molar-refractivity contribution in [2.75, 3.05) is 12.4 Å². The van der Waals surface area contributed by atoms with Gasteiger partial charge in [-0.2, -0.15) is 0 Å². The molecule has 0 fully saturated rings. The van der Waals surface area contributed by atoms with E-state index in [0.29, 0.717) is 10.7 Å². The summed E-state index contributed by atoms with van der Waals surface area (Å²) in [5.74, 6) is -0.534. The highest BCUT2D eigenvalue weighted by molar-refractivity contribution is 6.30. The van der Waals surface area contributed by atoms with E-state index in [1.165, 1.54) is 7.11 Å². The molecule has 0 aromatic heterocycles. The summed E-state index contributed by atoms with van der Waals surface area (Å²) in [6, 6.07) is 13.5. The lowest BCUT2D eigenvalue weighted by Crippen LogP contribution is -2.16. The Morgan fingerprint density at radius 3 is 2.45 bits per heavy atom. The summed E-state index contributed by atoms with van der Waals surface area (Å²) >= 11 is 5.78. The molecule has 0 radical (unpaired) electrons. The molecule has 2 aromatic rings. The summed E-state index contributed by atoms with van der Waals surface area (Å²) in [7, 11) is 1.28. The van der Waals surface area contributed by atoms with Crippen molar-refractivity contribution in [1.29, 1.82) is 0 Å². The third kappa shape index (κ3) is 4.23. The standard InChI is InChI=1S/C16H14ClNO4/c1-21-15(19)13-4-2-3-5-14(13)18-16(20)22-10-11-6-8-12(17)9-7-11/h2-9H,10H2,1H3,(H,18,20). The van der Waals surface area contributed by atoms with Crippen LogP contribution in [0.15, 0.2) is 48.5 Å². The van der Waals surface area contributed by atoms with Gasteiger partial charge in [0.25, 0.3) is 0 Å². The van der Waals surface area contributed by atoms with Gasteiger partial charge in [-0.05, 0) is 29.8 Å². The Labute approximate surface area is 132 Å². The smallest absolute Gasteiger partial charge is 0.411 e. The Kier molecular flexibility index (Phi) is 5.38. The van der Waals surface area contributed by atoms with Crippen LogP contribution in [0.1, 0.15) is 15.9 Å². The molecule has 0 aliphatic heterocycles. The number of carbonyl (C=O) groups excluding carboxylic acids is 2. The first-order valence-electron chi connectivity index (χ1n) is 6.45. The predicted octanol–water partition coefficient (Wildman–Crippen LogP) is 3.88. The minimum Gasteiger partial charge on any atom is -0.465 e. The molecule has 2 rings (SSSR count). The largest absolute Gasteiger partial charge is 0.465 e. The number of esters is 1. The Bertz CT molecular complexity index is 670. The molecule has 0 bridgehead atoms. The Morgan fingerprint density at radius 1 is 1.09 bits per heavy atom. The van der Waals surface area contributed by atoms with E-state index in [9.17, 15) is 9.59 Å². The van der Waals surface area contributed by atoms with Crippen molar-refractivity contribution in [1.82, 2.24) is 0 Å². The van der Waals surface area contributed by atoms with Crippen molar-refractivity contribution in [3.8, 4) is 0 Å². The zero-order valence-corrected chi connectivity index (χ0v) is 12.6. The summed E-state index contributed by atoms with van der Waals surface area (Å²) in [6.45, 7) is 0.101. The minimum atomic E-state index is -0.661. The number of hydrogen-bond donors (Lipinski definition) is 1. The van der Waals surface area contributed by atoms with Crippen molar-refractivity contribution >= 4 is 29.4 Å². The Balaban J connectivity index is 1.97. The van der Waals surface area contributed by atoms with E-state index in [4.69, 9.17) is 16.3 Å². The summed E-state index contributed by atoms with van der Waals surface area (Å²) in [4.78, 5) is 23.4. The number of carbonyl (C=O) groups is 2. The van der Waals surface area contributed by atoms with Gasteiger partial charge in [0.2, 0.25) is 0 Å². The molecule has 114 valence electrons.